The highest BCUT2D eigenvalue weighted by atomic mass is 35.5. The normalized spacial score (nSPS) is 11.9. The summed E-state index contributed by atoms with van der Waals surface area (Å²) in [7, 11) is 0. The number of hydrogen-bond donors (Lipinski definition) is 0. The molecule has 0 atom stereocenters. The van der Waals surface area contributed by atoms with Gasteiger partial charge >= 0.3 is 0 Å². The molecule has 0 saturated heterocycles. The second kappa shape index (κ2) is 7.99. The molecular weight excluding hydrogens is 375 g/mol. The lowest BCUT2D eigenvalue weighted by atomic mass is 10.1. The van der Waals surface area contributed by atoms with Gasteiger partial charge in [0, 0.05) is 28.2 Å². The lowest BCUT2D eigenvalue weighted by molar-refractivity contribution is 0.823. The molecule has 4 aromatic rings. The van der Waals surface area contributed by atoms with Gasteiger partial charge in [0.1, 0.15) is 0 Å². The fraction of sp³-hybridized carbons (Fsp3) is 0.0870. The molecule has 0 amide bonds. The Bertz CT molecular complexity index is 1130. The minimum absolute atomic E-state index is 0.627. The molecule has 1 aromatic heterocycles. The zero-order chi connectivity index (χ0) is 18.6. The number of fused-ring (bicyclic) bond motifs is 1. The standard InChI is InChI=1S/C23H18Cl2N2/c24-19-9-5-17(6-10-19)15-26-22-13-14-27(23-4-2-1-3-21(22)23)16-18-7-11-20(25)12-8-18/h1-14H,15-16H2/b26-22-. The Hall–Kier alpha value is -2.55. The van der Waals surface area contributed by atoms with Gasteiger partial charge in [-0.25, -0.2) is 0 Å². The van der Waals surface area contributed by atoms with E-state index >= 15 is 0 Å². The molecule has 4 heteroatoms. The summed E-state index contributed by atoms with van der Waals surface area (Å²) in [5.41, 5.74) is 3.51. The SMILES string of the molecule is Clc1ccc(C/N=c2/ccn(Cc3ccc(Cl)cc3)c3ccccc23)cc1. The number of hydrogen-bond acceptors (Lipinski definition) is 1. The Balaban J connectivity index is 1.70. The molecule has 134 valence electrons. The van der Waals surface area contributed by atoms with Crippen LogP contribution in [0.15, 0.2) is 90.1 Å². The van der Waals surface area contributed by atoms with Crippen molar-refractivity contribution in [1.29, 1.82) is 0 Å². The van der Waals surface area contributed by atoms with Gasteiger partial charge in [-0.3, -0.25) is 4.99 Å². The van der Waals surface area contributed by atoms with Gasteiger partial charge in [-0.1, -0.05) is 65.7 Å². The highest BCUT2D eigenvalue weighted by Gasteiger charge is 2.02. The van der Waals surface area contributed by atoms with Crippen LogP contribution in [0.1, 0.15) is 11.1 Å². The van der Waals surface area contributed by atoms with Gasteiger partial charge in [0.25, 0.3) is 0 Å². The van der Waals surface area contributed by atoms with Crippen molar-refractivity contribution >= 4 is 34.1 Å². The van der Waals surface area contributed by atoms with Crippen molar-refractivity contribution in [2.45, 2.75) is 13.1 Å². The van der Waals surface area contributed by atoms with E-state index in [1.165, 1.54) is 5.56 Å². The van der Waals surface area contributed by atoms with Crippen LogP contribution in [0.2, 0.25) is 10.0 Å². The summed E-state index contributed by atoms with van der Waals surface area (Å²) in [6, 6.07) is 26.2. The van der Waals surface area contributed by atoms with Crippen molar-refractivity contribution in [2.75, 3.05) is 0 Å². The maximum atomic E-state index is 6.00. The van der Waals surface area contributed by atoms with E-state index in [1.54, 1.807) is 0 Å². The molecule has 0 fully saturated rings. The van der Waals surface area contributed by atoms with Crippen molar-refractivity contribution in [1.82, 2.24) is 4.57 Å². The largest absolute Gasteiger partial charge is 0.343 e. The lowest BCUT2D eigenvalue weighted by Gasteiger charge is -2.12. The summed E-state index contributed by atoms with van der Waals surface area (Å²) in [6.45, 7) is 1.41. The van der Waals surface area contributed by atoms with Crippen LogP contribution in [-0.4, -0.2) is 4.57 Å². The van der Waals surface area contributed by atoms with Crippen LogP contribution in [0, 0.1) is 0 Å². The van der Waals surface area contributed by atoms with E-state index in [0.29, 0.717) is 6.54 Å². The summed E-state index contributed by atoms with van der Waals surface area (Å²) in [5, 5.41) is 3.63. The van der Waals surface area contributed by atoms with Crippen LogP contribution in [0.4, 0.5) is 0 Å². The molecule has 0 bridgehead atoms. The summed E-state index contributed by atoms with van der Waals surface area (Å²) in [6.07, 6.45) is 2.09. The van der Waals surface area contributed by atoms with Crippen molar-refractivity contribution < 1.29 is 0 Å². The molecule has 0 saturated carbocycles. The first-order valence-corrected chi connectivity index (χ1v) is 9.52. The first-order valence-electron chi connectivity index (χ1n) is 8.77. The molecule has 4 rings (SSSR count). The average molecular weight is 393 g/mol. The van der Waals surface area contributed by atoms with Gasteiger partial charge in [-0.2, -0.15) is 0 Å². The van der Waals surface area contributed by atoms with Gasteiger partial charge in [0.2, 0.25) is 0 Å². The number of nitrogens with zero attached hydrogens (tertiary/aromatic N) is 2. The molecule has 27 heavy (non-hydrogen) atoms. The predicted molar refractivity (Wildman–Crippen MR) is 113 cm³/mol. The molecule has 2 nitrogen and oxygen atoms in total. The summed E-state index contributed by atoms with van der Waals surface area (Å²) in [4.78, 5) is 4.82. The van der Waals surface area contributed by atoms with E-state index in [1.807, 2.05) is 36.4 Å². The first-order chi connectivity index (χ1) is 13.2. The highest BCUT2D eigenvalue weighted by molar-refractivity contribution is 6.30. The summed E-state index contributed by atoms with van der Waals surface area (Å²) >= 11 is 12.0. The van der Waals surface area contributed by atoms with Crippen molar-refractivity contribution in [3.8, 4) is 0 Å². The van der Waals surface area contributed by atoms with Crippen LogP contribution in [-0.2, 0) is 13.1 Å². The second-order valence-corrected chi connectivity index (χ2v) is 7.29. The molecule has 0 radical (unpaired) electrons. The highest BCUT2D eigenvalue weighted by Crippen LogP contribution is 2.15. The van der Waals surface area contributed by atoms with Crippen LogP contribution in [0.5, 0.6) is 0 Å². The Labute approximate surface area is 168 Å². The van der Waals surface area contributed by atoms with Crippen molar-refractivity contribution in [3.63, 3.8) is 0 Å². The third-order valence-corrected chi connectivity index (χ3v) is 5.02. The van der Waals surface area contributed by atoms with Crippen molar-refractivity contribution in [3.05, 3.63) is 112 Å². The number of aromatic nitrogens is 1. The predicted octanol–water partition coefficient (Wildman–Crippen LogP) is 6.10. The van der Waals surface area contributed by atoms with Crippen LogP contribution in [0.25, 0.3) is 10.9 Å². The smallest absolute Gasteiger partial charge is 0.0686 e. The van der Waals surface area contributed by atoms with Gasteiger partial charge in [0.05, 0.1) is 17.4 Å². The monoisotopic (exact) mass is 392 g/mol. The fourth-order valence-corrected chi connectivity index (χ4v) is 3.35. The molecular formula is C23H18Cl2N2. The number of para-hydroxylation sites is 1. The maximum Gasteiger partial charge on any atom is 0.0686 e. The molecule has 0 aliphatic carbocycles. The third kappa shape index (κ3) is 4.24. The number of benzene rings is 3. The minimum atomic E-state index is 0.627. The van der Waals surface area contributed by atoms with Crippen LogP contribution < -0.4 is 5.36 Å². The van der Waals surface area contributed by atoms with Crippen LogP contribution in [0.3, 0.4) is 0 Å². The van der Waals surface area contributed by atoms with Gasteiger partial charge in [-0.05, 0) is 47.5 Å². The fourth-order valence-electron chi connectivity index (χ4n) is 3.10. The molecule has 1 heterocycles. The quantitative estimate of drug-likeness (QED) is 0.399. The average Bonchev–Trinajstić information content (AvgIpc) is 2.70. The van der Waals surface area contributed by atoms with Crippen LogP contribution >= 0.6 is 23.2 Å². The summed E-state index contributed by atoms with van der Waals surface area (Å²) < 4.78 is 2.24. The Morgan fingerprint density at radius 3 is 2.04 bits per heavy atom. The Morgan fingerprint density at radius 2 is 1.33 bits per heavy atom. The van der Waals surface area contributed by atoms with E-state index < -0.39 is 0 Å². The molecule has 0 N–H and O–H groups in total. The van der Waals surface area contributed by atoms with Gasteiger partial charge in [0.15, 0.2) is 0 Å². The van der Waals surface area contributed by atoms with E-state index in [-0.39, 0.29) is 0 Å². The van der Waals surface area contributed by atoms with Gasteiger partial charge < -0.3 is 4.57 Å². The molecule has 3 aromatic carbocycles. The number of pyridine rings is 1. The summed E-state index contributed by atoms with van der Waals surface area (Å²) in [5.74, 6) is 0. The Morgan fingerprint density at radius 1 is 0.704 bits per heavy atom. The topological polar surface area (TPSA) is 17.3 Å². The Kier molecular flexibility index (Phi) is 5.28. The van der Waals surface area contributed by atoms with Crippen molar-refractivity contribution in [2.24, 2.45) is 4.99 Å². The minimum Gasteiger partial charge on any atom is -0.343 e. The first kappa shape index (κ1) is 17.8. The lowest BCUT2D eigenvalue weighted by Crippen LogP contribution is -2.10. The van der Waals surface area contributed by atoms with E-state index in [9.17, 15) is 0 Å². The van der Waals surface area contributed by atoms with E-state index in [4.69, 9.17) is 28.2 Å². The molecule has 0 aliphatic heterocycles. The number of rotatable bonds is 4. The van der Waals surface area contributed by atoms with E-state index in [2.05, 4.69) is 53.2 Å². The van der Waals surface area contributed by atoms with E-state index in [0.717, 1.165) is 38.4 Å². The second-order valence-electron chi connectivity index (χ2n) is 6.42. The third-order valence-electron chi connectivity index (χ3n) is 4.51. The maximum absolute atomic E-state index is 6.00. The zero-order valence-corrected chi connectivity index (χ0v) is 16.2. The molecule has 0 unspecified atom stereocenters. The molecule has 0 spiro atoms. The molecule has 0 aliphatic rings. The number of halogens is 2. The van der Waals surface area contributed by atoms with Gasteiger partial charge in [-0.15, -0.1) is 0 Å². The zero-order valence-electron chi connectivity index (χ0n) is 14.6.